The summed E-state index contributed by atoms with van der Waals surface area (Å²) in [6.45, 7) is 3.11. The molecule has 1 aromatic carbocycles. The van der Waals surface area contributed by atoms with Crippen LogP contribution >= 0.6 is 0 Å². The molecular weight excluding hydrogens is 366 g/mol. The average Bonchev–Trinajstić information content (AvgIpc) is 3.44. The predicted molar refractivity (Wildman–Crippen MR) is 113 cm³/mol. The van der Waals surface area contributed by atoms with Crippen LogP contribution in [0.15, 0.2) is 53.2 Å². The number of amides is 2. The van der Waals surface area contributed by atoms with Crippen molar-refractivity contribution in [3.8, 4) is 5.75 Å². The molecule has 2 aliphatic heterocycles. The summed E-state index contributed by atoms with van der Waals surface area (Å²) in [4.78, 5) is 31.4. The summed E-state index contributed by atoms with van der Waals surface area (Å²) < 4.78 is 5.58. The maximum absolute atomic E-state index is 12.8. The van der Waals surface area contributed by atoms with Gasteiger partial charge in [-0.2, -0.15) is 0 Å². The zero-order valence-electron chi connectivity index (χ0n) is 16.7. The van der Waals surface area contributed by atoms with Gasteiger partial charge in [-0.1, -0.05) is 12.2 Å². The van der Waals surface area contributed by atoms with Crippen molar-refractivity contribution in [2.24, 2.45) is 10.9 Å². The van der Waals surface area contributed by atoms with Gasteiger partial charge < -0.3 is 15.0 Å². The summed E-state index contributed by atoms with van der Waals surface area (Å²) in [5.41, 5.74) is 3.05. The van der Waals surface area contributed by atoms with E-state index in [1.165, 1.54) is 12.8 Å². The average molecular weight is 391 g/mol. The minimum absolute atomic E-state index is 0.0517. The lowest BCUT2D eigenvalue weighted by Crippen LogP contribution is -2.39. The number of nitrogens with zero attached hydrogens (tertiary/aromatic N) is 2. The molecule has 29 heavy (non-hydrogen) atoms. The third-order valence-electron chi connectivity index (χ3n) is 5.43. The van der Waals surface area contributed by atoms with E-state index in [1.807, 2.05) is 37.4 Å². The molecule has 1 aliphatic carbocycles. The number of allylic oxidation sites excluding steroid dienone is 2. The van der Waals surface area contributed by atoms with Crippen LogP contribution in [0.4, 0.5) is 0 Å². The Bertz CT molecular complexity index is 954. The minimum Gasteiger partial charge on any atom is -0.496 e. The van der Waals surface area contributed by atoms with Gasteiger partial charge in [-0.15, -0.1) is 0 Å². The first-order valence-corrected chi connectivity index (χ1v) is 9.96. The smallest absolute Gasteiger partial charge is 0.256 e. The summed E-state index contributed by atoms with van der Waals surface area (Å²) in [6.07, 6.45) is 11.6. The fourth-order valence-electron chi connectivity index (χ4n) is 3.57. The van der Waals surface area contributed by atoms with E-state index in [4.69, 9.17) is 4.74 Å². The first-order valence-electron chi connectivity index (χ1n) is 9.96. The number of nitrogens with one attached hydrogen (secondary N) is 1. The zero-order chi connectivity index (χ0) is 20.4. The van der Waals surface area contributed by atoms with Crippen molar-refractivity contribution < 1.29 is 14.3 Å². The van der Waals surface area contributed by atoms with Crippen molar-refractivity contribution in [2.75, 3.05) is 20.2 Å². The third-order valence-corrected chi connectivity index (χ3v) is 5.43. The molecule has 1 unspecified atom stereocenters. The standard InChI is InChI=1S/C23H25N3O3/c1-3-4-11-26-14-19(17-9-10-24-21(17)23(26)28)18-12-16(7-8-20(18)29-2)22(27)25-13-15-5-6-15/h3-4,7-10,12,14-15,21H,5-6,11,13H2,1-2H3,(H,25,27)/b4-3+. The van der Waals surface area contributed by atoms with Crippen molar-refractivity contribution in [3.05, 3.63) is 59.3 Å². The van der Waals surface area contributed by atoms with Crippen LogP contribution in [0.2, 0.25) is 0 Å². The lowest BCUT2D eigenvalue weighted by molar-refractivity contribution is -0.128. The molecule has 0 spiro atoms. The first-order chi connectivity index (χ1) is 14.1. The van der Waals surface area contributed by atoms with E-state index in [0.717, 1.165) is 23.3 Å². The van der Waals surface area contributed by atoms with Gasteiger partial charge in [0.2, 0.25) is 0 Å². The molecule has 2 amide bonds. The van der Waals surface area contributed by atoms with Crippen molar-refractivity contribution in [2.45, 2.75) is 25.8 Å². The summed E-state index contributed by atoms with van der Waals surface area (Å²) in [7, 11) is 1.61. The number of carbonyl (C=O) groups excluding carboxylic acids is 2. The highest BCUT2D eigenvalue weighted by Gasteiger charge is 2.36. The molecule has 1 aromatic rings. The number of carbonyl (C=O) groups is 2. The molecule has 1 N–H and O–H groups in total. The van der Waals surface area contributed by atoms with Crippen molar-refractivity contribution in [3.63, 3.8) is 0 Å². The molecular formula is C23H25N3O3. The molecule has 6 heteroatoms. The lowest BCUT2D eigenvalue weighted by atomic mass is 9.89. The number of hydrogen-bond donors (Lipinski definition) is 1. The molecule has 1 saturated carbocycles. The molecule has 3 aliphatic rings. The molecule has 0 bridgehead atoms. The second-order valence-corrected chi connectivity index (χ2v) is 7.49. The van der Waals surface area contributed by atoms with Crippen LogP contribution in [0.3, 0.4) is 0 Å². The molecule has 0 radical (unpaired) electrons. The molecule has 1 atom stereocenters. The normalized spacial score (nSPS) is 20.6. The van der Waals surface area contributed by atoms with Gasteiger partial charge in [0.05, 0.1) is 7.11 Å². The molecule has 4 rings (SSSR count). The zero-order valence-corrected chi connectivity index (χ0v) is 16.7. The molecule has 1 fully saturated rings. The Morgan fingerprint density at radius 3 is 2.93 bits per heavy atom. The van der Waals surface area contributed by atoms with E-state index in [-0.39, 0.29) is 11.8 Å². The third kappa shape index (κ3) is 3.88. The highest BCUT2D eigenvalue weighted by Crippen LogP contribution is 2.39. The Morgan fingerprint density at radius 2 is 2.21 bits per heavy atom. The Balaban J connectivity index is 1.71. The quantitative estimate of drug-likeness (QED) is 0.727. The van der Waals surface area contributed by atoms with E-state index >= 15 is 0 Å². The fraction of sp³-hybridized carbons (Fsp3) is 0.348. The van der Waals surface area contributed by atoms with Crippen LogP contribution in [0.1, 0.15) is 35.7 Å². The molecule has 0 aromatic heterocycles. The minimum atomic E-state index is -0.544. The lowest BCUT2D eigenvalue weighted by Gasteiger charge is -2.29. The fourth-order valence-corrected chi connectivity index (χ4v) is 3.57. The Labute approximate surface area is 170 Å². The van der Waals surface area contributed by atoms with Gasteiger partial charge in [-0.3, -0.25) is 14.6 Å². The summed E-state index contributed by atoms with van der Waals surface area (Å²) in [5.74, 6) is 1.13. The van der Waals surface area contributed by atoms with E-state index in [2.05, 4.69) is 10.3 Å². The number of methoxy groups -OCH3 is 1. The first kappa shape index (κ1) is 19.2. The summed E-state index contributed by atoms with van der Waals surface area (Å²) >= 11 is 0. The number of benzene rings is 1. The SMILES string of the molecule is C/C=C/CN1C=C(c2cc(C(=O)NCC3CC3)ccc2OC)C2=CC=NC2C1=O. The predicted octanol–water partition coefficient (Wildman–Crippen LogP) is 2.97. The summed E-state index contributed by atoms with van der Waals surface area (Å²) in [5, 5.41) is 3.01. The van der Waals surface area contributed by atoms with Gasteiger partial charge in [0.25, 0.3) is 11.8 Å². The van der Waals surface area contributed by atoms with Gasteiger partial charge in [0.1, 0.15) is 5.75 Å². The summed E-state index contributed by atoms with van der Waals surface area (Å²) in [6, 6.07) is 4.87. The van der Waals surface area contributed by atoms with Crippen LogP contribution < -0.4 is 10.1 Å². The van der Waals surface area contributed by atoms with E-state index in [1.54, 1.807) is 30.4 Å². The van der Waals surface area contributed by atoms with Gasteiger partial charge in [-0.05, 0) is 55.5 Å². The Hall–Kier alpha value is -3.15. The number of aliphatic imine (C=N–C) groups is 1. The number of hydrogen-bond acceptors (Lipinski definition) is 4. The molecule has 2 heterocycles. The van der Waals surface area contributed by atoms with Crippen molar-refractivity contribution in [1.82, 2.24) is 10.2 Å². The maximum Gasteiger partial charge on any atom is 0.256 e. The van der Waals surface area contributed by atoms with Crippen LogP contribution in [0, 0.1) is 5.92 Å². The molecule has 150 valence electrons. The van der Waals surface area contributed by atoms with Gasteiger partial charge in [-0.25, -0.2) is 0 Å². The highest BCUT2D eigenvalue weighted by atomic mass is 16.5. The van der Waals surface area contributed by atoms with Gasteiger partial charge in [0.15, 0.2) is 6.04 Å². The van der Waals surface area contributed by atoms with E-state index in [9.17, 15) is 9.59 Å². The van der Waals surface area contributed by atoms with Crippen LogP contribution in [0.5, 0.6) is 5.75 Å². The van der Waals surface area contributed by atoms with Crippen LogP contribution in [-0.2, 0) is 4.79 Å². The number of fused-ring (bicyclic) bond motifs is 1. The van der Waals surface area contributed by atoms with E-state index < -0.39 is 6.04 Å². The monoisotopic (exact) mass is 391 g/mol. The van der Waals surface area contributed by atoms with Crippen LogP contribution in [0.25, 0.3) is 5.57 Å². The van der Waals surface area contributed by atoms with Crippen molar-refractivity contribution in [1.29, 1.82) is 0 Å². The van der Waals surface area contributed by atoms with Gasteiger partial charge in [0, 0.05) is 42.2 Å². The number of ether oxygens (including phenoxy) is 1. The second-order valence-electron chi connectivity index (χ2n) is 7.49. The topological polar surface area (TPSA) is 71.0 Å². The highest BCUT2D eigenvalue weighted by molar-refractivity contribution is 6.05. The largest absolute Gasteiger partial charge is 0.496 e. The number of rotatable bonds is 7. The molecule has 0 saturated heterocycles. The van der Waals surface area contributed by atoms with Crippen molar-refractivity contribution >= 4 is 23.6 Å². The van der Waals surface area contributed by atoms with Gasteiger partial charge >= 0.3 is 0 Å². The Kier molecular flexibility index (Phi) is 5.34. The molecule has 6 nitrogen and oxygen atoms in total. The second kappa shape index (κ2) is 8.07. The van der Waals surface area contributed by atoms with E-state index in [0.29, 0.717) is 23.8 Å². The maximum atomic E-state index is 12.8. The van der Waals surface area contributed by atoms with Crippen LogP contribution in [-0.4, -0.2) is 49.2 Å². The Morgan fingerprint density at radius 1 is 1.38 bits per heavy atom.